The molecule has 4 nitrogen and oxygen atoms in total. The first-order valence-corrected chi connectivity index (χ1v) is 2.68. The van der Waals surface area contributed by atoms with Crippen LogP contribution >= 0.6 is 0 Å². The maximum Gasteiger partial charge on any atom is 0.485 e. The monoisotopic (exact) mass is 167 g/mol. The molecule has 0 aliphatic carbocycles. The van der Waals surface area contributed by atoms with Gasteiger partial charge in [-0.1, -0.05) is 0 Å². The molecule has 0 heterocycles. The number of rotatable bonds is 0. The fraction of sp³-hybridized carbons (Fsp3) is 1.00. The molecule has 58 valence electrons. The average molecular weight is 167 g/mol. The molecule has 4 N–H and O–H groups in total. The third kappa shape index (κ3) is 3.27. The SMILES string of the molecule is O=S(=O)([O-])C(F)(F)F.[NH4+]. The van der Waals surface area contributed by atoms with E-state index in [1.54, 1.807) is 0 Å². The molecule has 0 amide bonds. The van der Waals surface area contributed by atoms with Crippen LogP contribution in [0.2, 0.25) is 0 Å². The second kappa shape index (κ2) is 2.50. The van der Waals surface area contributed by atoms with E-state index in [1.807, 2.05) is 0 Å². The van der Waals surface area contributed by atoms with E-state index in [2.05, 4.69) is 0 Å². The van der Waals surface area contributed by atoms with E-state index >= 15 is 0 Å². The average Bonchev–Trinajstić information content (AvgIpc) is 1.25. The molecule has 0 aliphatic rings. The Morgan fingerprint density at radius 2 is 1.33 bits per heavy atom. The Labute approximate surface area is 49.0 Å². The molecule has 0 atom stereocenters. The lowest BCUT2D eigenvalue weighted by Crippen LogP contribution is -2.21. The molecule has 0 rings (SSSR count). The maximum atomic E-state index is 10.7. The molecule has 0 bridgehead atoms. The van der Waals surface area contributed by atoms with Gasteiger partial charge in [-0.15, -0.1) is 0 Å². The van der Waals surface area contributed by atoms with E-state index in [0.29, 0.717) is 0 Å². The number of quaternary nitrogens is 1. The number of hydrogen-bond donors (Lipinski definition) is 1. The predicted molar refractivity (Wildman–Crippen MR) is 21.7 cm³/mol. The molecular weight excluding hydrogens is 163 g/mol. The minimum atomic E-state index is -6.09. The summed E-state index contributed by atoms with van der Waals surface area (Å²) in [6.07, 6.45) is 0. The third-order valence-electron chi connectivity index (χ3n) is 0.283. The van der Waals surface area contributed by atoms with Crippen LogP contribution in [0, 0.1) is 0 Å². The molecule has 0 saturated carbocycles. The van der Waals surface area contributed by atoms with Crippen molar-refractivity contribution in [3.63, 3.8) is 0 Å². The Morgan fingerprint density at radius 1 is 1.22 bits per heavy atom. The van der Waals surface area contributed by atoms with Gasteiger partial charge in [-0.25, -0.2) is 8.42 Å². The predicted octanol–water partition coefficient (Wildman–Crippen LogP) is 0.428. The molecule has 0 aromatic heterocycles. The van der Waals surface area contributed by atoms with E-state index in [4.69, 9.17) is 13.0 Å². The van der Waals surface area contributed by atoms with Crippen molar-refractivity contribution in [1.82, 2.24) is 6.15 Å². The topological polar surface area (TPSA) is 93.7 Å². The van der Waals surface area contributed by atoms with Crippen LogP contribution in [0.25, 0.3) is 0 Å². The van der Waals surface area contributed by atoms with Crippen molar-refractivity contribution in [2.75, 3.05) is 0 Å². The summed E-state index contributed by atoms with van der Waals surface area (Å²) in [6.45, 7) is 0. The molecule has 0 radical (unpaired) electrons. The standard InChI is InChI=1S/CHF3O3S.H3N/c2-1(3,4)8(5,6)7;/h(H,5,6,7);1H3. The van der Waals surface area contributed by atoms with E-state index in [1.165, 1.54) is 0 Å². The highest BCUT2D eigenvalue weighted by Gasteiger charge is 2.36. The summed E-state index contributed by atoms with van der Waals surface area (Å²) in [7, 11) is -6.09. The zero-order chi connectivity index (χ0) is 7.00. The largest absolute Gasteiger partial charge is 0.741 e. The summed E-state index contributed by atoms with van der Waals surface area (Å²) >= 11 is 0. The maximum absolute atomic E-state index is 10.7. The quantitative estimate of drug-likeness (QED) is 0.418. The van der Waals surface area contributed by atoms with Crippen LogP contribution in [0.15, 0.2) is 0 Å². The van der Waals surface area contributed by atoms with E-state index < -0.39 is 15.6 Å². The Hall–Kier alpha value is -0.340. The number of alkyl halides is 3. The first-order chi connectivity index (χ1) is 3.25. The summed E-state index contributed by atoms with van der Waals surface area (Å²) in [4.78, 5) is 0. The fourth-order valence-corrected chi connectivity index (χ4v) is 0. The van der Waals surface area contributed by atoms with Crippen LogP contribution in [-0.2, 0) is 10.1 Å². The Balaban J connectivity index is 0. The molecule has 0 spiro atoms. The van der Waals surface area contributed by atoms with Gasteiger partial charge in [0.25, 0.3) is 0 Å². The Bertz CT molecular complexity index is 168. The minimum Gasteiger partial charge on any atom is -0.741 e. The van der Waals surface area contributed by atoms with Crippen molar-refractivity contribution in [2.45, 2.75) is 5.51 Å². The summed E-state index contributed by atoms with van der Waals surface area (Å²) < 4.78 is 58.9. The van der Waals surface area contributed by atoms with E-state index in [-0.39, 0.29) is 6.15 Å². The minimum absolute atomic E-state index is 0. The van der Waals surface area contributed by atoms with Gasteiger partial charge in [-0.3, -0.25) is 0 Å². The van der Waals surface area contributed by atoms with Crippen molar-refractivity contribution in [2.24, 2.45) is 0 Å². The fourth-order valence-electron chi connectivity index (χ4n) is 0. The molecule has 0 fully saturated rings. The van der Waals surface area contributed by atoms with Crippen molar-refractivity contribution in [3.05, 3.63) is 0 Å². The van der Waals surface area contributed by atoms with E-state index in [9.17, 15) is 13.2 Å². The molecule has 0 aromatic carbocycles. The van der Waals surface area contributed by atoms with Crippen molar-refractivity contribution in [1.29, 1.82) is 0 Å². The van der Waals surface area contributed by atoms with Gasteiger partial charge in [0.05, 0.1) is 0 Å². The smallest absolute Gasteiger partial charge is 0.485 e. The lowest BCUT2D eigenvalue weighted by molar-refractivity contribution is -0.0517. The molecule has 0 unspecified atom stereocenters. The van der Waals surface area contributed by atoms with Gasteiger partial charge in [-0.05, 0) is 0 Å². The van der Waals surface area contributed by atoms with Gasteiger partial charge in [0.2, 0.25) is 0 Å². The van der Waals surface area contributed by atoms with Crippen LogP contribution < -0.4 is 6.15 Å². The molecule has 0 aliphatic heterocycles. The first-order valence-electron chi connectivity index (χ1n) is 1.27. The van der Waals surface area contributed by atoms with Gasteiger partial charge in [0.15, 0.2) is 10.1 Å². The molecule has 9 heavy (non-hydrogen) atoms. The van der Waals surface area contributed by atoms with Gasteiger partial charge >= 0.3 is 5.51 Å². The number of hydrogen-bond acceptors (Lipinski definition) is 3. The molecular formula is CH4F3NO3S. The Kier molecular flexibility index (Phi) is 3.18. The summed E-state index contributed by atoms with van der Waals surface area (Å²) in [5.41, 5.74) is -5.65. The normalized spacial score (nSPS) is 12.4. The third-order valence-corrected chi connectivity index (χ3v) is 0.850. The van der Waals surface area contributed by atoms with Gasteiger partial charge in [0, 0.05) is 0 Å². The second-order valence-electron chi connectivity index (χ2n) is 0.900. The van der Waals surface area contributed by atoms with Gasteiger partial charge in [-0.2, -0.15) is 13.2 Å². The first kappa shape index (κ1) is 11.5. The van der Waals surface area contributed by atoms with Crippen molar-refractivity contribution < 1.29 is 26.1 Å². The number of halogens is 3. The lowest BCUT2D eigenvalue weighted by Gasteiger charge is -2.08. The van der Waals surface area contributed by atoms with Crippen LogP contribution in [-0.4, -0.2) is 18.5 Å². The highest BCUT2D eigenvalue weighted by molar-refractivity contribution is 7.86. The summed E-state index contributed by atoms with van der Waals surface area (Å²) in [5, 5.41) is 0. The van der Waals surface area contributed by atoms with Crippen LogP contribution in [0.5, 0.6) is 0 Å². The molecule has 8 heteroatoms. The van der Waals surface area contributed by atoms with Gasteiger partial charge in [0.1, 0.15) is 0 Å². The van der Waals surface area contributed by atoms with Crippen LogP contribution in [0.4, 0.5) is 13.2 Å². The zero-order valence-electron chi connectivity index (χ0n) is 4.27. The van der Waals surface area contributed by atoms with Crippen molar-refractivity contribution in [3.8, 4) is 0 Å². The Morgan fingerprint density at radius 3 is 1.33 bits per heavy atom. The molecule has 0 saturated heterocycles. The highest BCUT2D eigenvalue weighted by Crippen LogP contribution is 2.20. The van der Waals surface area contributed by atoms with Crippen LogP contribution in [0.3, 0.4) is 0 Å². The lowest BCUT2D eigenvalue weighted by atomic mass is 11.6. The van der Waals surface area contributed by atoms with Crippen LogP contribution in [0.1, 0.15) is 0 Å². The zero-order valence-corrected chi connectivity index (χ0v) is 5.08. The summed E-state index contributed by atoms with van der Waals surface area (Å²) in [5.74, 6) is 0. The highest BCUT2D eigenvalue weighted by atomic mass is 32.2. The van der Waals surface area contributed by atoms with Gasteiger partial charge < -0.3 is 10.7 Å². The molecule has 0 aromatic rings. The van der Waals surface area contributed by atoms with Crippen molar-refractivity contribution >= 4 is 10.1 Å². The second-order valence-corrected chi connectivity index (χ2v) is 2.27. The van der Waals surface area contributed by atoms with E-state index in [0.717, 1.165) is 0 Å². The summed E-state index contributed by atoms with van der Waals surface area (Å²) in [6, 6.07) is 0.